The minimum atomic E-state index is -4.88. The van der Waals surface area contributed by atoms with Crippen LogP contribution in [0.5, 0.6) is 0 Å². The molecule has 37 valence electrons. The molecule has 0 saturated heterocycles. The van der Waals surface area contributed by atoms with Crippen molar-refractivity contribution in [2.24, 2.45) is 5.90 Å². The van der Waals surface area contributed by atoms with Crippen molar-refractivity contribution in [3.63, 3.8) is 0 Å². The maximum atomic E-state index is 10.7. The Hall–Kier alpha value is -0.0400. The topological polar surface area (TPSA) is 72.2 Å². The molecule has 0 aliphatic carbocycles. The highest BCUT2D eigenvalue weighted by atomic mass is 32.3. The van der Waals surface area contributed by atoms with Crippen LogP contribution in [0.15, 0.2) is 0 Å². The third-order valence-electron chi connectivity index (χ3n) is 0.115. The van der Waals surface area contributed by atoms with E-state index in [1.807, 2.05) is 0 Å². The Kier molecular flexibility index (Phi) is 1.59. The zero-order valence-corrected chi connectivity index (χ0v) is 3.40. The van der Waals surface area contributed by atoms with Crippen LogP contribution < -0.4 is 5.90 Å². The lowest BCUT2D eigenvalue weighted by Crippen LogP contribution is -2.09. The van der Waals surface area contributed by atoms with Crippen LogP contribution in [0.1, 0.15) is 0 Å². The third-order valence-corrected chi connectivity index (χ3v) is 0.345. The molecule has 0 aliphatic heterocycles. The summed E-state index contributed by atoms with van der Waals surface area (Å²) in [5.41, 5.74) is 0. The first-order valence-corrected chi connectivity index (χ1v) is 2.20. The predicted octanol–water partition coefficient (Wildman–Crippen LogP) is -0.479. The van der Waals surface area contributed by atoms with Crippen molar-refractivity contribution in [1.82, 2.24) is 0 Å². The molecule has 1 unspecified atom stereocenters. The van der Waals surface area contributed by atoms with Gasteiger partial charge in [0.15, 0.2) is 0 Å². The van der Waals surface area contributed by atoms with Crippen LogP contribution in [0.3, 0.4) is 0 Å². The van der Waals surface area contributed by atoms with Crippen LogP contribution in [0.2, 0.25) is 0 Å². The van der Waals surface area contributed by atoms with Gasteiger partial charge in [-0.3, -0.25) is 0 Å². The normalized spacial score (nSPS) is 19.8. The van der Waals surface area contributed by atoms with Gasteiger partial charge < -0.3 is 0 Å². The summed E-state index contributed by atoms with van der Waals surface area (Å²) >= 11 is 0. The van der Waals surface area contributed by atoms with Crippen LogP contribution in [-0.2, 0) is 23.9 Å². The summed E-state index contributed by atoms with van der Waals surface area (Å²) in [6.45, 7) is 0. The van der Waals surface area contributed by atoms with E-state index in [9.17, 15) is 3.89 Å². The first-order chi connectivity index (χ1) is 2.56. The van der Waals surface area contributed by atoms with E-state index in [0.717, 1.165) is 0 Å². The summed E-state index contributed by atoms with van der Waals surface area (Å²) in [4.78, 5) is 0. The van der Waals surface area contributed by atoms with Gasteiger partial charge in [-0.25, -0.2) is 0 Å². The highest BCUT2D eigenvalue weighted by Crippen LogP contribution is 1.96. The van der Waals surface area contributed by atoms with Crippen LogP contribution >= 0.6 is 0 Å². The van der Waals surface area contributed by atoms with Crippen molar-refractivity contribution in [2.45, 2.75) is 0 Å². The van der Waals surface area contributed by atoms with Crippen molar-refractivity contribution < 1.29 is 16.9 Å². The molecule has 0 bridgehead atoms. The monoisotopic (exact) mass is 115 g/mol. The highest BCUT2D eigenvalue weighted by Gasteiger charge is 2.28. The average molecular weight is 115 g/mol. The third kappa shape index (κ3) is 3.96. The molecule has 0 rings (SSSR count). The molecule has 0 heterocycles. The van der Waals surface area contributed by atoms with E-state index in [0.29, 0.717) is 0 Å². The standard InChI is InChI=1S/FH2NO3S/c1-6(3,4)5-2/h2H2/q+1. The smallest absolute Gasteiger partial charge is 0.157 e. The number of hydrogen-bond acceptors (Lipinski definition) is 3. The molecule has 0 fully saturated rings. The summed E-state index contributed by atoms with van der Waals surface area (Å²) in [7, 11) is -4.88. The molecule has 6 heavy (non-hydrogen) atoms. The van der Waals surface area contributed by atoms with Gasteiger partial charge in [-0.2, -0.15) is 5.90 Å². The van der Waals surface area contributed by atoms with Crippen molar-refractivity contribution in [2.75, 3.05) is 0 Å². The lowest BCUT2D eigenvalue weighted by atomic mass is 13.6. The Morgan fingerprint density at radius 2 is 2.00 bits per heavy atom. The summed E-state index contributed by atoms with van der Waals surface area (Å²) in [6, 6.07) is 0. The molecule has 1 atom stereocenters. The van der Waals surface area contributed by atoms with Crippen molar-refractivity contribution in [3.8, 4) is 0 Å². The molecular formula is H2FNO3S+. The molecule has 4 nitrogen and oxygen atoms in total. The van der Waals surface area contributed by atoms with Gasteiger partial charge in [-0.15, -0.1) is 0 Å². The Morgan fingerprint density at radius 3 is 2.00 bits per heavy atom. The van der Waals surface area contributed by atoms with E-state index in [1.165, 1.54) is 0 Å². The summed E-state index contributed by atoms with van der Waals surface area (Å²) in [6.07, 6.45) is 0. The van der Waals surface area contributed by atoms with Gasteiger partial charge in [-0.1, -0.05) is 0 Å². The largest absolute Gasteiger partial charge is 0.609 e. The molecular weight excluding hydrogens is 113 g/mol. The van der Waals surface area contributed by atoms with E-state index in [1.54, 1.807) is 0 Å². The van der Waals surface area contributed by atoms with Crippen molar-refractivity contribution >= 4 is 10.9 Å². The molecule has 0 saturated carbocycles. The first-order valence-electron chi connectivity index (χ1n) is 0.890. The SMILES string of the molecule is NO[S+]([O])(=O)F. The van der Waals surface area contributed by atoms with E-state index in [2.05, 4.69) is 10.2 Å². The summed E-state index contributed by atoms with van der Waals surface area (Å²) in [5, 5.41) is 0. The number of hydrogen-bond donors (Lipinski definition) is 1. The van der Waals surface area contributed by atoms with E-state index in [4.69, 9.17) is 8.76 Å². The maximum Gasteiger partial charge on any atom is 0.609 e. The second-order valence-electron chi connectivity index (χ2n) is 0.489. The lowest BCUT2D eigenvalue weighted by molar-refractivity contribution is 0.229. The van der Waals surface area contributed by atoms with Gasteiger partial charge in [0.1, 0.15) is 8.44 Å². The molecule has 1 radical (unpaired) electrons. The van der Waals surface area contributed by atoms with E-state index < -0.39 is 10.9 Å². The molecule has 6 heteroatoms. The molecule has 0 spiro atoms. The minimum absolute atomic E-state index is 2.74. The van der Waals surface area contributed by atoms with Crippen molar-refractivity contribution in [3.05, 3.63) is 0 Å². The highest BCUT2D eigenvalue weighted by molar-refractivity contribution is 7.87. The van der Waals surface area contributed by atoms with E-state index in [-0.39, 0.29) is 0 Å². The summed E-state index contributed by atoms with van der Waals surface area (Å²) < 4.78 is 31.5. The van der Waals surface area contributed by atoms with Crippen LogP contribution in [-0.4, -0.2) is 0 Å². The van der Waals surface area contributed by atoms with Crippen LogP contribution in [0.4, 0.5) is 3.89 Å². The van der Waals surface area contributed by atoms with Gasteiger partial charge in [0.05, 0.1) is 0 Å². The fourth-order valence-electron chi connectivity index (χ4n) is 0. The number of rotatable bonds is 1. The number of nitrogens with two attached hydrogens (primary N) is 1. The molecule has 0 aromatic carbocycles. The molecule has 0 aromatic rings. The second kappa shape index (κ2) is 1.61. The molecule has 0 aliphatic rings. The fourth-order valence-corrected chi connectivity index (χ4v) is 0. The van der Waals surface area contributed by atoms with Gasteiger partial charge in [-0.05, 0) is 4.28 Å². The summed E-state index contributed by atoms with van der Waals surface area (Å²) in [5.74, 6) is 3.84. The zero-order valence-electron chi connectivity index (χ0n) is 2.59. The molecule has 0 amide bonds. The lowest BCUT2D eigenvalue weighted by Gasteiger charge is -1.71. The van der Waals surface area contributed by atoms with Gasteiger partial charge in [0.2, 0.25) is 0 Å². The second-order valence-corrected chi connectivity index (χ2v) is 1.47. The zero-order chi connectivity index (χ0) is 5.21. The van der Waals surface area contributed by atoms with Gasteiger partial charge in [0.25, 0.3) is 0 Å². The minimum Gasteiger partial charge on any atom is -0.157 e. The molecule has 0 aromatic heterocycles. The Bertz CT molecular complexity index is 74.9. The Balaban J connectivity index is 3.48. The maximum absolute atomic E-state index is 10.7. The Labute approximate surface area is 34.8 Å². The van der Waals surface area contributed by atoms with Gasteiger partial charge in [0, 0.05) is 4.21 Å². The predicted molar refractivity (Wildman–Crippen MR) is 15.1 cm³/mol. The quantitative estimate of drug-likeness (QED) is 0.285. The fraction of sp³-hybridized carbons (Fsp3) is 0. The van der Waals surface area contributed by atoms with Crippen molar-refractivity contribution in [1.29, 1.82) is 0 Å². The average Bonchev–Trinajstić information content (AvgIpc) is 1.35. The van der Waals surface area contributed by atoms with Crippen LogP contribution in [0, 0.1) is 0 Å². The molecule has 2 N–H and O–H groups in total. The Morgan fingerprint density at radius 1 is 1.83 bits per heavy atom. The number of halogens is 1. The van der Waals surface area contributed by atoms with Gasteiger partial charge >= 0.3 is 10.9 Å². The van der Waals surface area contributed by atoms with E-state index >= 15 is 0 Å². The first kappa shape index (κ1) is 5.96. The van der Waals surface area contributed by atoms with Crippen LogP contribution in [0.25, 0.3) is 0 Å².